The van der Waals surface area contributed by atoms with Crippen LogP contribution in [0.3, 0.4) is 0 Å². The van der Waals surface area contributed by atoms with E-state index in [1.807, 2.05) is 0 Å². The molecule has 0 atom stereocenters. The molecule has 0 aromatic heterocycles. The lowest BCUT2D eigenvalue weighted by Crippen LogP contribution is -1.85. The topological polar surface area (TPSA) is 33.0 Å². The van der Waals surface area contributed by atoms with Crippen molar-refractivity contribution in [1.82, 2.24) is 0 Å². The van der Waals surface area contributed by atoms with Crippen molar-refractivity contribution in [1.29, 1.82) is 5.26 Å². The average Bonchev–Trinajstić information content (AvgIpc) is 2.34. The Kier molecular flexibility index (Phi) is 3.58. The first-order chi connectivity index (χ1) is 8.19. The van der Waals surface area contributed by atoms with Gasteiger partial charge in [0.25, 0.3) is 0 Å². The Balaban J connectivity index is 2.25. The van der Waals surface area contributed by atoms with Crippen molar-refractivity contribution in [2.45, 2.75) is 4.90 Å². The summed E-state index contributed by atoms with van der Waals surface area (Å²) in [5.41, 5.74) is 0.555. The zero-order valence-electron chi connectivity index (χ0n) is 8.72. The molecule has 0 heterocycles. The Morgan fingerprint density at radius 1 is 1.12 bits per heavy atom. The molecule has 0 N–H and O–H groups in total. The molecule has 0 radical (unpaired) electrons. The molecule has 0 saturated carbocycles. The van der Waals surface area contributed by atoms with Crippen molar-refractivity contribution in [3.05, 3.63) is 53.1 Å². The molecule has 2 aromatic carbocycles. The molecule has 0 aliphatic rings. The molecule has 2 nitrogen and oxygen atoms in total. The maximum Gasteiger partial charge on any atom is 0.128 e. The average molecular weight is 262 g/mol. The van der Waals surface area contributed by atoms with Crippen LogP contribution in [0.1, 0.15) is 5.56 Å². The van der Waals surface area contributed by atoms with Gasteiger partial charge in [-0.15, -0.1) is 12.6 Å². The number of ether oxygens (including phenoxy) is 1. The Morgan fingerprint density at radius 3 is 2.59 bits per heavy atom. The van der Waals surface area contributed by atoms with Gasteiger partial charge in [0.1, 0.15) is 11.5 Å². The highest BCUT2D eigenvalue weighted by molar-refractivity contribution is 7.80. The molecule has 84 valence electrons. The van der Waals surface area contributed by atoms with Gasteiger partial charge in [-0.1, -0.05) is 17.7 Å². The Labute approximate surface area is 110 Å². The third-order valence-corrected chi connectivity index (χ3v) is 2.95. The van der Waals surface area contributed by atoms with E-state index in [2.05, 4.69) is 18.7 Å². The number of halogens is 1. The van der Waals surface area contributed by atoms with Gasteiger partial charge in [-0.25, -0.2) is 0 Å². The predicted octanol–water partition coefficient (Wildman–Crippen LogP) is 4.29. The fourth-order valence-electron chi connectivity index (χ4n) is 1.32. The quantitative estimate of drug-likeness (QED) is 0.818. The van der Waals surface area contributed by atoms with Crippen LogP contribution in [0, 0.1) is 11.3 Å². The van der Waals surface area contributed by atoms with E-state index in [4.69, 9.17) is 21.6 Å². The second-order valence-corrected chi connectivity index (χ2v) is 4.24. The van der Waals surface area contributed by atoms with Gasteiger partial charge in [0.15, 0.2) is 0 Å². The summed E-state index contributed by atoms with van der Waals surface area (Å²) in [5.74, 6) is 1.22. The van der Waals surface area contributed by atoms with Gasteiger partial charge in [0.2, 0.25) is 0 Å². The highest BCUT2D eigenvalue weighted by atomic mass is 35.5. The zero-order valence-corrected chi connectivity index (χ0v) is 10.4. The second-order valence-electron chi connectivity index (χ2n) is 3.35. The Hall–Kier alpha value is -1.63. The van der Waals surface area contributed by atoms with E-state index in [1.165, 1.54) is 0 Å². The summed E-state index contributed by atoms with van der Waals surface area (Å²) in [6, 6.07) is 14.2. The van der Waals surface area contributed by atoms with E-state index in [-0.39, 0.29) is 0 Å². The minimum atomic E-state index is 0.530. The lowest BCUT2D eigenvalue weighted by atomic mass is 10.2. The molecule has 2 rings (SSSR count). The molecule has 0 unspecified atom stereocenters. The van der Waals surface area contributed by atoms with Crippen LogP contribution in [-0.4, -0.2) is 0 Å². The highest BCUT2D eigenvalue weighted by Crippen LogP contribution is 2.28. The summed E-state index contributed by atoms with van der Waals surface area (Å²) < 4.78 is 5.59. The number of rotatable bonds is 2. The number of thiol groups is 1. The Bertz CT molecular complexity index is 592. The lowest BCUT2D eigenvalue weighted by molar-refractivity contribution is 0.482. The standard InChI is InChI=1S/C13H8ClNOS/c14-12-7-11(4-5-13(12)17)16-10-3-1-2-9(6-10)8-15/h1-7,17H. The fraction of sp³-hybridized carbons (Fsp3) is 0. The first-order valence-electron chi connectivity index (χ1n) is 4.85. The minimum absolute atomic E-state index is 0.530. The van der Waals surface area contributed by atoms with Crippen LogP contribution in [0.2, 0.25) is 5.02 Å². The lowest BCUT2D eigenvalue weighted by Gasteiger charge is -2.06. The smallest absolute Gasteiger partial charge is 0.128 e. The number of nitrogens with zero attached hydrogens (tertiary/aromatic N) is 1. The van der Waals surface area contributed by atoms with Crippen molar-refractivity contribution in [3.8, 4) is 17.6 Å². The van der Waals surface area contributed by atoms with Crippen molar-refractivity contribution in [2.75, 3.05) is 0 Å². The maximum absolute atomic E-state index is 8.77. The third kappa shape index (κ3) is 2.94. The number of benzene rings is 2. The normalized spacial score (nSPS) is 9.71. The summed E-state index contributed by atoms with van der Waals surface area (Å²) in [5, 5.41) is 9.30. The van der Waals surface area contributed by atoms with Gasteiger partial charge >= 0.3 is 0 Å². The summed E-state index contributed by atoms with van der Waals surface area (Å²) in [6.45, 7) is 0. The van der Waals surface area contributed by atoms with E-state index in [0.29, 0.717) is 27.0 Å². The minimum Gasteiger partial charge on any atom is -0.457 e. The van der Waals surface area contributed by atoms with Crippen LogP contribution in [-0.2, 0) is 0 Å². The van der Waals surface area contributed by atoms with Gasteiger partial charge in [-0.05, 0) is 30.3 Å². The van der Waals surface area contributed by atoms with E-state index >= 15 is 0 Å². The van der Waals surface area contributed by atoms with Crippen LogP contribution in [0.5, 0.6) is 11.5 Å². The molecule has 17 heavy (non-hydrogen) atoms. The monoisotopic (exact) mass is 261 g/mol. The molecule has 0 amide bonds. The summed E-state index contributed by atoms with van der Waals surface area (Å²) in [7, 11) is 0. The molecular formula is C13H8ClNOS. The van der Waals surface area contributed by atoms with E-state index in [1.54, 1.807) is 42.5 Å². The Morgan fingerprint density at radius 2 is 1.88 bits per heavy atom. The molecule has 0 bridgehead atoms. The molecule has 2 aromatic rings. The van der Waals surface area contributed by atoms with Crippen LogP contribution < -0.4 is 4.74 Å². The zero-order chi connectivity index (χ0) is 12.3. The van der Waals surface area contributed by atoms with Gasteiger partial charge in [0, 0.05) is 11.0 Å². The molecule has 4 heteroatoms. The van der Waals surface area contributed by atoms with Gasteiger partial charge in [-0.3, -0.25) is 0 Å². The molecule has 0 fully saturated rings. The summed E-state index contributed by atoms with van der Waals surface area (Å²) in [6.07, 6.45) is 0. The van der Waals surface area contributed by atoms with Crippen molar-refractivity contribution in [2.24, 2.45) is 0 Å². The first kappa shape index (κ1) is 11.8. The van der Waals surface area contributed by atoms with Gasteiger partial charge < -0.3 is 4.74 Å². The van der Waals surface area contributed by atoms with E-state index < -0.39 is 0 Å². The first-order valence-corrected chi connectivity index (χ1v) is 5.68. The van der Waals surface area contributed by atoms with Crippen LogP contribution in [0.25, 0.3) is 0 Å². The van der Waals surface area contributed by atoms with Crippen molar-refractivity contribution < 1.29 is 4.74 Å². The fourth-order valence-corrected chi connectivity index (χ4v) is 1.63. The molecule has 0 spiro atoms. The van der Waals surface area contributed by atoms with Gasteiger partial charge in [0.05, 0.1) is 16.7 Å². The molecule has 0 saturated heterocycles. The predicted molar refractivity (Wildman–Crippen MR) is 69.9 cm³/mol. The second kappa shape index (κ2) is 5.13. The van der Waals surface area contributed by atoms with Crippen LogP contribution in [0.15, 0.2) is 47.4 Å². The molecule has 0 aliphatic heterocycles. The number of nitriles is 1. The highest BCUT2D eigenvalue weighted by Gasteiger charge is 2.01. The third-order valence-electron chi connectivity index (χ3n) is 2.12. The van der Waals surface area contributed by atoms with Crippen molar-refractivity contribution >= 4 is 24.2 Å². The van der Waals surface area contributed by atoms with Crippen molar-refractivity contribution in [3.63, 3.8) is 0 Å². The SMILES string of the molecule is N#Cc1cccc(Oc2ccc(S)c(Cl)c2)c1. The van der Waals surface area contributed by atoms with E-state index in [0.717, 1.165) is 0 Å². The van der Waals surface area contributed by atoms with Gasteiger partial charge in [-0.2, -0.15) is 5.26 Å². The summed E-state index contributed by atoms with van der Waals surface area (Å²) in [4.78, 5) is 0.699. The largest absolute Gasteiger partial charge is 0.457 e. The van der Waals surface area contributed by atoms with E-state index in [9.17, 15) is 0 Å². The summed E-state index contributed by atoms with van der Waals surface area (Å²) >= 11 is 10.1. The number of hydrogen-bond acceptors (Lipinski definition) is 3. The molecular weight excluding hydrogens is 254 g/mol. The number of hydrogen-bond donors (Lipinski definition) is 1. The maximum atomic E-state index is 8.77. The van der Waals surface area contributed by atoms with Crippen LogP contribution in [0.4, 0.5) is 0 Å². The van der Waals surface area contributed by atoms with Crippen LogP contribution >= 0.6 is 24.2 Å². The molecule has 0 aliphatic carbocycles.